The molecule has 0 aliphatic rings. The zero-order chi connectivity index (χ0) is 18.8. The number of carbonyl (C=O) groups is 1. The standard InChI is InChI=1S/C16H21N3O5S/c1-4-8-17-14(20)7-9-25(23,24)11-5-6-12-13(10-11)19(3)16(22)15(21)18(12)2/h5-6,10H,4,7-9H2,1-3H3,(H,17,20). The zero-order valence-corrected chi connectivity index (χ0v) is 15.2. The molecular formula is C16H21N3O5S. The van der Waals surface area contributed by atoms with Gasteiger partial charge in [0, 0.05) is 27.1 Å². The molecule has 0 aliphatic carbocycles. The van der Waals surface area contributed by atoms with Crippen molar-refractivity contribution in [2.75, 3.05) is 12.3 Å². The number of hydrogen-bond donors (Lipinski definition) is 1. The van der Waals surface area contributed by atoms with Crippen LogP contribution in [0.3, 0.4) is 0 Å². The van der Waals surface area contributed by atoms with E-state index in [-0.39, 0.29) is 23.0 Å². The Balaban J connectivity index is 2.40. The predicted octanol–water partition coefficient (Wildman–Crippen LogP) is -0.0728. The number of carbonyl (C=O) groups excluding carboxylic acids is 1. The molecule has 136 valence electrons. The van der Waals surface area contributed by atoms with E-state index in [2.05, 4.69) is 5.32 Å². The van der Waals surface area contributed by atoms with Crippen LogP contribution in [-0.2, 0) is 28.7 Å². The number of aromatic nitrogens is 2. The molecular weight excluding hydrogens is 346 g/mol. The van der Waals surface area contributed by atoms with Crippen molar-refractivity contribution < 1.29 is 13.2 Å². The smallest absolute Gasteiger partial charge is 0.316 e. The molecule has 2 rings (SSSR count). The summed E-state index contributed by atoms with van der Waals surface area (Å²) in [6.07, 6.45) is 0.641. The highest BCUT2D eigenvalue weighted by Gasteiger charge is 2.18. The largest absolute Gasteiger partial charge is 0.356 e. The summed E-state index contributed by atoms with van der Waals surface area (Å²) >= 11 is 0. The fraction of sp³-hybridized carbons (Fsp3) is 0.438. The lowest BCUT2D eigenvalue weighted by Crippen LogP contribution is -2.39. The Labute approximate surface area is 145 Å². The first-order valence-electron chi connectivity index (χ1n) is 7.88. The molecule has 0 saturated heterocycles. The van der Waals surface area contributed by atoms with Gasteiger partial charge in [0.15, 0.2) is 9.84 Å². The molecule has 0 spiro atoms. The second kappa shape index (κ2) is 7.22. The van der Waals surface area contributed by atoms with Gasteiger partial charge in [-0.25, -0.2) is 8.42 Å². The minimum atomic E-state index is -3.69. The average Bonchev–Trinajstić information content (AvgIpc) is 2.60. The van der Waals surface area contributed by atoms with Gasteiger partial charge in [0.25, 0.3) is 0 Å². The van der Waals surface area contributed by atoms with Gasteiger partial charge in [-0.15, -0.1) is 0 Å². The molecule has 1 N–H and O–H groups in total. The van der Waals surface area contributed by atoms with Gasteiger partial charge >= 0.3 is 11.1 Å². The Morgan fingerprint density at radius 2 is 1.68 bits per heavy atom. The molecule has 9 heteroatoms. The van der Waals surface area contributed by atoms with Crippen LogP contribution >= 0.6 is 0 Å². The number of benzene rings is 1. The maximum atomic E-state index is 12.5. The molecule has 0 fully saturated rings. The maximum absolute atomic E-state index is 12.5. The van der Waals surface area contributed by atoms with E-state index in [0.717, 1.165) is 11.0 Å². The fourth-order valence-electron chi connectivity index (χ4n) is 2.45. The Hall–Kier alpha value is -2.42. The van der Waals surface area contributed by atoms with E-state index in [1.54, 1.807) is 0 Å². The molecule has 1 aromatic carbocycles. The lowest BCUT2D eigenvalue weighted by atomic mass is 10.3. The molecule has 1 aromatic heterocycles. The summed E-state index contributed by atoms with van der Waals surface area (Å²) in [4.78, 5) is 35.3. The Morgan fingerprint density at radius 3 is 2.28 bits per heavy atom. The number of nitrogens with one attached hydrogen (secondary N) is 1. The highest BCUT2D eigenvalue weighted by molar-refractivity contribution is 7.91. The van der Waals surface area contributed by atoms with Gasteiger partial charge in [0.1, 0.15) is 0 Å². The molecule has 0 saturated carbocycles. The van der Waals surface area contributed by atoms with Crippen molar-refractivity contribution in [1.29, 1.82) is 0 Å². The summed E-state index contributed by atoms with van der Waals surface area (Å²) < 4.78 is 27.2. The van der Waals surface area contributed by atoms with Crippen LogP contribution in [-0.4, -0.2) is 35.8 Å². The highest BCUT2D eigenvalue weighted by atomic mass is 32.2. The molecule has 0 atom stereocenters. The van der Waals surface area contributed by atoms with Gasteiger partial charge in [-0.1, -0.05) is 6.92 Å². The molecule has 2 aromatic rings. The van der Waals surface area contributed by atoms with Crippen molar-refractivity contribution in [3.05, 3.63) is 38.9 Å². The number of sulfone groups is 1. The Morgan fingerprint density at radius 1 is 1.08 bits per heavy atom. The van der Waals surface area contributed by atoms with Gasteiger partial charge < -0.3 is 14.5 Å². The van der Waals surface area contributed by atoms with Gasteiger partial charge in [-0.2, -0.15) is 0 Å². The van der Waals surface area contributed by atoms with Crippen molar-refractivity contribution in [2.24, 2.45) is 14.1 Å². The number of hydrogen-bond acceptors (Lipinski definition) is 5. The van der Waals surface area contributed by atoms with E-state index in [1.165, 1.54) is 36.9 Å². The lowest BCUT2D eigenvalue weighted by Gasteiger charge is -2.11. The Bertz CT molecular complexity index is 1030. The number of fused-ring (bicyclic) bond motifs is 1. The van der Waals surface area contributed by atoms with Gasteiger partial charge in [0.05, 0.1) is 21.7 Å². The minimum Gasteiger partial charge on any atom is -0.356 e. The summed E-state index contributed by atoms with van der Waals surface area (Å²) in [5, 5.41) is 2.63. The van der Waals surface area contributed by atoms with Crippen LogP contribution in [0.25, 0.3) is 11.0 Å². The molecule has 0 radical (unpaired) electrons. The SMILES string of the molecule is CCCNC(=O)CCS(=O)(=O)c1ccc2c(c1)n(C)c(=O)c(=O)n2C. The monoisotopic (exact) mass is 367 g/mol. The number of rotatable bonds is 6. The predicted molar refractivity (Wildman–Crippen MR) is 94.4 cm³/mol. The molecule has 1 amide bonds. The van der Waals surface area contributed by atoms with E-state index in [1.807, 2.05) is 6.92 Å². The van der Waals surface area contributed by atoms with Gasteiger partial charge in [-0.05, 0) is 24.6 Å². The van der Waals surface area contributed by atoms with Crippen molar-refractivity contribution in [3.63, 3.8) is 0 Å². The van der Waals surface area contributed by atoms with Crippen LogP contribution < -0.4 is 16.4 Å². The van der Waals surface area contributed by atoms with Gasteiger partial charge in [-0.3, -0.25) is 14.4 Å². The van der Waals surface area contributed by atoms with E-state index < -0.39 is 21.0 Å². The molecule has 25 heavy (non-hydrogen) atoms. The number of aryl methyl sites for hydroxylation is 2. The van der Waals surface area contributed by atoms with Crippen molar-refractivity contribution >= 4 is 26.8 Å². The first-order chi connectivity index (χ1) is 11.7. The molecule has 8 nitrogen and oxygen atoms in total. The third-order valence-electron chi connectivity index (χ3n) is 3.99. The second-order valence-corrected chi connectivity index (χ2v) is 7.91. The van der Waals surface area contributed by atoms with E-state index in [9.17, 15) is 22.8 Å². The van der Waals surface area contributed by atoms with Crippen LogP contribution in [0.2, 0.25) is 0 Å². The van der Waals surface area contributed by atoms with Crippen LogP contribution in [0.15, 0.2) is 32.7 Å². The first kappa shape index (κ1) is 18.9. The second-order valence-electron chi connectivity index (χ2n) is 5.80. The van der Waals surface area contributed by atoms with E-state index >= 15 is 0 Å². The first-order valence-corrected chi connectivity index (χ1v) is 9.53. The van der Waals surface area contributed by atoms with Crippen LogP contribution in [0.5, 0.6) is 0 Å². The summed E-state index contributed by atoms with van der Waals surface area (Å²) in [5.41, 5.74) is -0.628. The fourth-order valence-corrected chi connectivity index (χ4v) is 3.71. The Kier molecular flexibility index (Phi) is 5.46. The summed E-state index contributed by atoms with van der Waals surface area (Å²) in [6.45, 7) is 2.41. The average molecular weight is 367 g/mol. The summed E-state index contributed by atoms with van der Waals surface area (Å²) in [7, 11) is -0.814. The van der Waals surface area contributed by atoms with Gasteiger partial charge in [0.2, 0.25) is 5.91 Å². The lowest BCUT2D eigenvalue weighted by molar-refractivity contribution is -0.120. The quantitative estimate of drug-likeness (QED) is 0.719. The van der Waals surface area contributed by atoms with Crippen molar-refractivity contribution in [2.45, 2.75) is 24.7 Å². The van der Waals surface area contributed by atoms with Crippen LogP contribution in [0.4, 0.5) is 0 Å². The molecule has 1 heterocycles. The third-order valence-corrected chi connectivity index (χ3v) is 5.70. The number of nitrogens with zero attached hydrogens (tertiary/aromatic N) is 2. The van der Waals surface area contributed by atoms with Crippen molar-refractivity contribution in [3.8, 4) is 0 Å². The number of amides is 1. The molecule has 0 aliphatic heterocycles. The third kappa shape index (κ3) is 3.81. The van der Waals surface area contributed by atoms with E-state index in [0.29, 0.717) is 17.6 Å². The van der Waals surface area contributed by atoms with E-state index in [4.69, 9.17) is 0 Å². The van der Waals surface area contributed by atoms with Crippen LogP contribution in [0.1, 0.15) is 19.8 Å². The van der Waals surface area contributed by atoms with Crippen LogP contribution in [0, 0.1) is 0 Å². The minimum absolute atomic E-state index is 0.0111. The van der Waals surface area contributed by atoms with Crippen molar-refractivity contribution in [1.82, 2.24) is 14.5 Å². The summed E-state index contributed by atoms with van der Waals surface area (Å²) in [6, 6.07) is 4.22. The topological polar surface area (TPSA) is 107 Å². The normalized spacial score (nSPS) is 11.6. The molecule has 0 bridgehead atoms. The zero-order valence-electron chi connectivity index (χ0n) is 14.4. The molecule has 0 unspecified atom stereocenters. The summed E-state index contributed by atoms with van der Waals surface area (Å²) in [5.74, 6) is -0.644. The highest BCUT2D eigenvalue weighted by Crippen LogP contribution is 2.18. The maximum Gasteiger partial charge on any atom is 0.316 e.